The summed E-state index contributed by atoms with van der Waals surface area (Å²) in [6, 6.07) is 0. The van der Waals surface area contributed by atoms with E-state index in [-0.39, 0.29) is 0 Å². The first kappa shape index (κ1) is 7.28. The molecule has 0 aliphatic carbocycles. The minimum Gasteiger partial charge on any atom is -0.382 e. The number of anilines is 1. The van der Waals surface area contributed by atoms with E-state index in [4.69, 9.17) is 17.3 Å². The number of rotatable bonds is 1. The highest BCUT2D eigenvalue weighted by Crippen LogP contribution is 2.04. The normalized spacial score (nSPS) is 9.80. The lowest BCUT2D eigenvalue weighted by molar-refractivity contribution is 1.05. The molecule has 2 N–H and O–H groups in total. The van der Waals surface area contributed by atoms with Crippen LogP contribution in [-0.2, 0) is 5.88 Å². The maximum atomic E-state index is 5.51. The number of alkyl halides is 1. The summed E-state index contributed by atoms with van der Waals surface area (Å²) >= 11 is 5.51. The van der Waals surface area contributed by atoms with Crippen molar-refractivity contribution in [2.45, 2.75) is 12.8 Å². The highest BCUT2D eigenvalue weighted by Gasteiger charge is 1.96. The molecule has 0 aliphatic heterocycles. The van der Waals surface area contributed by atoms with E-state index in [1.165, 1.54) is 0 Å². The van der Waals surface area contributed by atoms with Crippen molar-refractivity contribution in [2.24, 2.45) is 0 Å². The third kappa shape index (κ3) is 1.36. The van der Waals surface area contributed by atoms with Gasteiger partial charge in [-0.25, -0.2) is 4.98 Å². The molecule has 0 amide bonds. The predicted molar refractivity (Wildman–Crippen MR) is 40.7 cm³/mol. The van der Waals surface area contributed by atoms with Crippen LogP contribution in [0, 0.1) is 6.92 Å². The van der Waals surface area contributed by atoms with E-state index in [2.05, 4.69) is 9.97 Å². The van der Waals surface area contributed by atoms with Crippen LogP contribution in [0.1, 0.15) is 11.4 Å². The van der Waals surface area contributed by atoms with E-state index in [0.29, 0.717) is 11.7 Å². The average molecular weight is 158 g/mol. The Labute approximate surface area is 64.2 Å². The van der Waals surface area contributed by atoms with Gasteiger partial charge in [0.15, 0.2) is 0 Å². The zero-order valence-corrected chi connectivity index (χ0v) is 6.39. The van der Waals surface area contributed by atoms with Crippen LogP contribution in [0.2, 0.25) is 0 Å². The molecule has 0 atom stereocenters. The lowest BCUT2D eigenvalue weighted by Gasteiger charge is -1.98. The Morgan fingerprint density at radius 2 is 2.40 bits per heavy atom. The second kappa shape index (κ2) is 2.84. The Morgan fingerprint density at radius 1 is 1.70 bits per heavy atom. The van der Waals surface area contributed by atoms with Gasteiger partial charge in [-0.05, 0) is 6.92 Å². The molecule has 0 saturated heterocycles. The Kier molecular flexibility index (Phi) is 2.06. The molecular weight excluding hydrogens is 150 g/mol. The van der Waals surface area contributed by atoms with Gasteiger partial charge in [-0.3, -0.25) is 4.98 Å². The third-order valence-electron chi connectivity index (χ3n) is 1.17. The SMILES string of the molecule is Cc1nc(CCl)cnc1N. The summed E-state index contributed by atoms with van der Waals surface area (Å²) in [6.07, 6.45) is 1.58. The van der Waals surface area contributed by atoms with Crippen LogP contribution in [0.5, 0.6) is 0 Å². The maximum absolute atomic E-state index is 5.51. The number of hydrogen-bond acceptors (Lipinski definition) is 3. The largest absolute Gasteiger partial charge is 0.382 e. The molecule has 1 rings (SSSR count). The summed E-state index contributed by atoms with van der Waals surface area (Å²) in [5.41, 5.74) is 6.92. The highest BCUT2D eigenvalue weighted by molar-refractivity contribution is 6.16. The van der Waals surface area contributed by atoms with Gasteiger partial charge in [0.25, 0.3) is 0 Å². The molecule has 0 spiro atoms. The van der Waals surface area contributed by atoms with Crippen LogP contribution < -0.4 is 5.73 Å². The fraction of sp³-hybridized carbons (Fsp3) is 0.333. The summed E-state index contributed by atoms with van der Waals surface area (Å²) in [4.78, 5) is 7.95. The van der Waals surface area contributed by atoms with Crippen molar-refractivity contribution in [3.05, 3.63) is 17.6 Å². The second-order valence-corrected chi connectivity index (χ2v) is 2.23. The molecule has 0 radical (unpaired) electrons. The zero-order valence-electron chi connectivity index (χ0n) is 5.63. The summed E-state index contributed by atoms with van der Waals surface area (Å²) in [6.45, 7) is 1.80. The molecule has 0 aromatic carbocycles. The smallest absolute Gasteiger partial charge is 0.144 e. The van der Waals surface area contributed by atoms with Gasteiger partial charge >= 0.3 is 0 Å². The first-order valence-corrected chi connectivity index (χ1v) is 3.41. The fourth-order valence-electron chi connectivity index (χ4n) is 0.603. The monoisotopic (exact) mass is 157 g/mol. The van der Waals surface area contributed by atoms with E-state index in [1.54, 1.807) is 13.1 Å². The van der Waals surface area contributed by atoms with Crippen LogP contribution in [0.4, 0.5) is 5.82 Å². The molecule has 54 valence electrons. The Hall–Kier alpha value is -0.830. The molecule has 1 aromatic rings. The minimum absolute atomic E-state index is 0.383. The molecule has 4 heteroatoms. The van der Waals surface area contributed by atoms with Gasteiger partial charge in [-0.15, -0.1) is 11.6 Å². The fourth-order valence-corrected chi connectivity index (χ4v) is 0.732. The minimum atomic E-state index is 0.383. The van der Waals surface area contributed by atoms with Gasteiger partial charge in [-0.2, -0.15) is 0 Å². The number of nitrogens with zero attached hydrogens (tertiary/aromatic N) is 2. The van der Waals surface area contributed by atoms with Crippen molar-refractivity contribution in [3.8, 4) is 0 Å². The van der Waals surface area contributed by atoms with Crippen LogP contribution in [0.25, 0.3) is 0 Å². The number of nitrogens with two attached hydrogens (primary N) is 1. The van der Waals surface area contributed by atoms with Gasteiger partial charge in [0.1, 0.15) is 5.82 Å². The van der Waals surface area contributed by atoms with E-state index in [1.807, 2.05) is 0 Å². The van der Waals surface area contributed by atoms with Crippen LogP contribution in [0.15, 0.2) is 6.20 Å². The third-order valence-corrected chi connectivity index (χ3v) is 1.45. The van der Waals surface area contributed by atoms with Crippen LogP contribution in [0.3, 0.4) is 0 Å². The predicted octanol–water partition coefficient (Wildman–Crippen LogP) is 1.11. The topological polar surface area (TPSA) is 51.8 Å². The van der Waals surface area contributed by atoms with Crippen molar-refractivity contribution >= 4 is 17.4 Å². The van der Waals surface area contributed by atoms with Crippen molar-refractivity contribution < 1.29 is 0 Å². The van der Waals surface area contributed by atoms with Gasteiger partial charge in [0.2, 0.25) is 0 Å². The van der Waals surface area contributed by atoms with E-state index in [0.717, 1.165) is 11.4 Å². The zero-order chi connectivity index (χ0) is 7.56. The summed E-state index contributed by atoms with van der Waals surface area (Å²) in [5, 5.41) is 0. The molecule has 0 bridgehead atoms. The molecule has 10 heavy (non-hydrogen) atoms. The Bertz CT molecular complexity index is 236. The van der Waals surface area contributed by atoms with Gasteiger partial charge < -0.3 is 5.73 Å². The van der Waals surface area contributed by atoms with Gasteiger partial charge in [0.05, 0.1) is 23.5 Å². The maximum Gasteiger partial charge on any atom is 0.144 e. The molecule has 3 nitrogen and oxygen atoms in total. The van der Waals surface area contributed by atoms with Crippen molar-refractivity contribution in [2.75, 3.05) is 5.73 Å². The van der Waals surface area contributed by atoms with E-state index < -0.39 is 0 Å². The number of nitrogen functional groups attached to an aromatic ring is 1. The number of aromatic nitrogens is 2. The average Bonchev–Trinajstić information content (AvgIpc) is 1.95. The first-order chi connectivity index (χ1) is 4.74. The van der Waals surface area contributed by atoms with Crippen LogP contribution in [-0.4, -0.2) is 9.97 Å². The van der Waals surface area contributed by atoms with Crippen LogP contribution >= 0.6 is 11.6 Å². The molecule has 0 fully saturated rings. The molecule has 0 saturated carbocycles. The molecule has 0 aliphatic rings. The molecule has 1 aromatic heterocycles. The lowest BCUT2D eigenvalue weighted by atomic mass is 10.4. The van der Waals surface area contributed by atoms with E-state index in [9.17, 15) is 0 Å². The second-order valence-electron chi connectivity index (χ2n) is 1.97. The number of hydrogen-bond donors (Lipinski definition) is 1. The number of aryl methyl sites for hydroxylation is 1. The van der Waals surface area contributed by atoms with E-state index >= 15 is 0 Å². The summed E-state index contributed by atoms with van der Waals surface area (Å²) in [5.74, 6) is 0.850. The van der Waals surface area contributed by atoms with Gasteiger partial charge in [0, 0.05) is 0 Å². The Morgan fingerprint density at radius 3 is 2.90 bits per heavy atom. The van der Waals surface area contributed by atoms with Gasteiger partial charge in [-0.1, -0.05) is 0 Å². The number of halogens is 1. The van der Waals surface area contributed by atoms with Crippen molar-refractivity contribution in [1.82, 2.24) is 9.97 Å². The summed E-state index contributed by atoms with van der Waals surface area (Å²) < 4.78 is 0. The van der Waals surface area contributed by atoms with Crippen molar-refractivity contribution in [3.63, 3.8) is 0 Å². The molecule has 1 heterocycles. The summed E-state index contributed by atoms with van der Waals surface area (Å²) in [7, 11) is 0. The quantitative estimate of drug-likeness (QED) is 0.622. The molecule has 0 unspecified atom stereocenters. The molecular formula is C6H8ClN3. The standard InChI is InChI=1S/C6H8ClN3/c1-4-6(8)9-3-5(2-7)10-4/h3H,2H2,1H3,(H2,8,9). The Balaban J connectivity index is 3.04. The first-order valence-electron chi connectivity index (χ1n) is 2.88. The highest BCUT2D eigenvalue weighted by atomic mass is 35.5. The van der Waals surface area contributed by atoms with Crippen molar-refractivity contribution in [1.29, 1.82) is 0 Å². The lowest BCUT2D eigenvalue weighted by Crippen LogP contribution is -1.98.